The van der Waals surface area contributed by atoms with Gasteiger partial charge in [-0.15, -0.1) is 0 Å². The van der Waals surface area contributed by atoms with E-state index in [1.54, 1.807) is 38.7 Å². The van der Waals surface area contributed by atoms with Gasteiger partial charge in [0.25, 0.3) is 0 Å². The van der Waals surface area contributed by atoms with Gasteiger partial charge in [0.05, 0.1) is 11.2 Å². The first-order chi connectivity index (χ1) is 26.4. The lowest BCUT2D eigenvalue weighted by Gasteiger charge is -2.40. The number of halogens is 1. The Kier molecular flexibility index (Phi) is 16.4. The molecular formula is C45H60FN3O5. The average Bonchev–Trinajstić information content (AvgIpc) is 3.23. The molecule has 0 amide bonds. The number of benzene rings is 3. The Morgan fingerprint density at radius 3 is 1.74 bits per heavy atom. The van der Waals surface area contributed by atoms with Gasteiger partial charge in [0.15, 0.2) is 0 Å². The van der Waals surface area contributed by atoms with Crippen LogP contribution in [0.15, 0.2) is 97.3 Å². The van der Waals surface area contributed by atoms with E-state index in [1.807, 2.05) is 66.7 Å². The molecule has 2 aliphatic rings. The molecule has 2 saturated heterocycles. The van der Waals surface area contributed by atoms with Crippen LogP contribution < -0.4 is 15.4 Å². The van der Waals surface area contributed by atoms with Gasteiger partial charge in [-0.2, -0.15) is 0 Å². The molecule has 3 heterocycles. The van der Waals surface area contributed by atoms with Crippen molar-refractivity contribution in [2.75, 3.05) is 53.6 Å². The zero-order valence-electron chi connectivity index (χ0n) is 32.2. The number of piperidine rings is 2. The van der Waals surface area contributed by atoms with Crippen molar-refractivity contribution in [1.82, 2.24) is 15.6 Å². The number of hydrogen-bond acceptors (Lipinski definition) is 8. The summed E-state index contributed by atoms with van der Waals surface area (Å²) in [4.78, 5) is 4.04. The van der Waals surface area contributed by atoms with E-state index in [1.165, 1.54) is 6.07 Å². The quantitative estimate of drug-likeness (QED) is 0.0801. The van der Waals surface area contributed by atoms with Crippen molar-refractivity contribution in [3.8, 4) is 22.6 Å². The van der Waals surface area contributed by atoms with Gasteiger partial charge < -0.3 is 35.1 Å². The van der Waals surface area contributed by atoms with Crippen LogP contribution in [0.4, 0.5) is 4.39 Å². The maximum absolute atomic E-state index is 14.5. The molecule has 2 aliphatic heterocycles. The molecule has 0 radical (unpaired) electrons. The van der Waals surface area contributed by atoms with Gasteiger partial charge in [0.2, 0.25) is 0 Å². The van der Waals surface area contributed by atoms with Crippen LogP contribution in [0.1, 0.15) is 75.3 Å². The van der Waals surface area contributed by atoms with Gasteiger partial charge in [-0.3, -0.25) is 4.98 Å². The van der Waals surface area contributed by atoms with E-state index in [0.717, 1.165) is 100.0 Å². The molecule has 4 aromatic rings. The lowest BCUT2D eigenvalue weighted by molar-refractivity contribution is -0.0447. The summed E-state index contributed by atoms with van der Waals surface area (Å²) in [7, 11) is 3.42. The van der Waals surface area contributed by atoms with E-state index in [2.05, 4.69) is 15.6 Å². The minimum absolute atomic E-state index is 0.113. The highest BCUT2D eigenvalue weighted by molar-refractivity contribution is 5.69. The number of nitrogens with zero attached hydrogens (tertiary/aromatic N) is 1. The topological polar surface area (TPSA) is 105 Å². The Hall–Kier alpha value is -3.70. The van der Waals surface area contributed by atoms with E-state index in [-0.39, 0.29) is 17.7 Å². The molecule has 3 aromatic carbocycles. The van der Waals surface area contributed by atoms with Gasteiger partial charge in [0.1, 0.15) is 17.3 Å². The van der Waals surface area contributed by atoms with Crippen LogP contribution >= 0.6 is 0 Å². The van der Waals surface area contributed by atoms with Gasteiger partial charge in [-0.25, -0.2) is 4.39 Å². The Labute approximate surface area is 321 Å². The maximum atomic E-state index is 14.5. The largest absolute Gasteiger partial charge is 0.457 e. The highest BCUT2D eigenvalue weighted by Crippen LogP contribution is 2.44. The highest BCUT2D eigenvalue weighted by atomic mass is 19.1. The molecule has 0 unspecified atom stereocenters. The van der Waals surface area contributed by atoms with Crippen LogP contribution in [0.25, 0.3) is 11.1 Å². The summed E-state index contributed by atoms with van der Waals surface area (Å²) in [6.45, 7) is 5.02. The maximum Gasteiger partial charge on any atom is 0.133 e. The molecule has 0 aliphatic carbocycles. The van der Waals surface area contributed by atoms with Crippen LogP contribution in [0.2, 0.25) is 0 Å². The van der Waals surface area contributed by atoms with E-state index in [0.29, 0.717) is 37.4 Å². The summed E-state index contributed by atoms with van der Waals surface area (Å²) in [5, 5.41) is 30.7. The summed E-state index contributed by atoms with van der Waals surface area (Å²) in [5.74, 6) is 1.45. The molecule has 4 N–H and O–H groups in total. The number of unbranched alkanes of at least 4 members (excludes halogenated alkanes) is 2. The molecule has 2 fully saturated rings. The number of methoxy groups -OCH3 is 2. The van der Waals surface area contributed by atoms with Crippen LogP contribution in [0.3, 0.4) is 0 Å². The van der Waals surface area contributed by atoms with E-state index >= 15 is 0 Å². The lowest BCUT2D eigenvalue weighted by atomic mass is 9.72. The predicted octanol–water partition coefficient (Wildman–Crippen LogP) is 8.37. The van der Waals surface area contributed by atoms with Crippen LogP contribution in [0.5, 0.6) is 11.5 Å². The number of ether oxygens (including phenoxy) is 3. The molecule has 8 nitrogen and oxygen atoms in total. The zero-order valence-corrected chi connectivity index (χ0v) is 32.2. The first-order valence-electron chi connectivity index (χ1n) is 19.8. The zero-order chi connectivity index (χ0) is 38.1. The van der Waals surface area contributed by atoms with Crippen molar-refractivity contribution in [3.63, 3.8) is 0 Å². The van der Waals surface area contributed by atoms with Crippen LogP contribution in [0, 0.1) is 17.7 Å². The van der Waals surface area contributed by atoms with Gasteiger partial charge in [-0.1, -0.05) is 60.7 Å². The lowest BCUT2D eigenvalue weighted by Crippen LogP contribution is -2.44. The number of nitrogens with one attached hydrogen (secondary N) is 2. The first kappa shape index (κ1) is 41.5. The molecule has 0 spiro atoms. The van der Waals surface area contributed by atoms with Crippen LogP contribution in [-0.4, -0.2) is 68.8 Å². The second-order valence-corrected chi connectivity index (χ2v) is 14.6. The highest BCUT2D eigenvalue weighted by Gasteiger charge is 2.41. The third kappa shape index (κ3) is 11.0. The molecule has 1 aromatic heterocycles. The second-order valence-electron chi connectivity index (χ2n) is 14.6. The Morgan fingerprint density at radius 1 is 0.667 bits per heavy atom. The smallest absolute Gasteiger partial charge is 0.133 e. The molecular weight excluding hydrogens is 682 g/mol. The Bertz CT molecular complexity index is 1670. The molecule has 4 atom stereocenters. The number of aliphatic hydroxyl groups is 2. The summed E-state index contributed by atoms with van der Waals surface area (Å²) in [6.07, 6.45) is 12.5. The fourth-order valence-electron chi connectivity index (χ4n) is 8.14. The van der Waals surface area contributed by atoms with Crippen molar-refractivity contribution in [2.45, 2.75) is 75.4 Å². The average molecular weight is 742 g/mol. The van der Waals surface area contributed by atoms with Crippen molar-refractivity contribution in [2.24, 2.45) is 11.8 Å². The van der Waals surface area contributed by atoms with Crippen molar-refractivity contribution in [3.05, 3.63) is 114 Å². The molecule has 9 heteroatoms. The Balaban J connectivity index is 0.000000208. The third-order valence-corrected chi connectivity index (χ3v) is 11.0. The normalized spacial score (nSPS) is 19.5. The summed E-state index contributed by atoms with van der Waals surface area (Å²) < 4.78 is 31.0. The molecule has 0 saturated carbocycles. The minimum Gasteiger partial charge on any atom is -0.457 e. The summed E-state index contributed by atoms with van der Waals surface area (Å²) in [5.41, 5.74) is 1.13. The molecule has 292 valence electrons. The van der Waals surface area contributed by atoms with Crippen LogP contribution in [-0.2, 0) is 20.7 Å². The number of para-hydroxylation sites is 1. The molecule has 6 rings (SSSR count). The monoisotopic (exact) mass is 741 g/mol. The molecule has 0 bridgehead atoms. The fraction of sp³-hybridized carbons (Fsp3) is 0.489. The SMILES string of the molecule is COCCCC[C@@](O)(c1ccccc1-c1ccccc1F)[C@@H]1CCCNC1.COCCCC[C@@](O)(c1ccccc1Oc1ccncc1)[C@@H]1CCCNC1. The standard InChI is InChI=1S/C23H30FNO2.C22H30N2O3/c1-27-16-7-6-14-23(26,18-9-8-15-25-17-18)21-12-4-2-10-19(21)20-11-3-5-13-22(20)24;1-26-16-5-4-12-22(25,18-7-6-13-24-17-18)20-8-2-3-9-21(20)27-19-10-14-23-15-11-19/h2-5,10-13,18,25-26H,6-9,14-17H2,1H3;2-3,8-11,14-15,18,24-25H,4-7,12-13,16-17H2,1H3/t18-,23+;18-,22+/m11/s1. The first-order valence-corrected chi connectivity index (χ1v) is 19.8. The van der Waals surface area contributed by atoms with Gasteiger partial charge in [0, 0.05) is 75.9 Å². The summed E-state index contributed by atoms with van der Waals surface area (Å²) >= 11 is 0. The van der Waals surface area contributed by atoms with Crippen molar-refractivity contribution < 1.29 is 28.8 Å². The molecule has 54 heavy (non-hydrogen) atoms. The van der Waals surface area contributed by atoms with Crippen molar-refractivity contribution in [1.29, 1.82) is 0 Å². The third-order valence-electron chi connectivity index (χ3n) is 11.0. The van der Waals surface area contributed by atoms with Crippen molar-refractivity contribution >= 4 is 0 Å². The number of pyridine rings is 1. The van der Waals surface area contributed by atoms with E-state index in [9.17, 15) is 14.6 Å². The minimum atomic E-state index is -0.986. The summed E-state index contributed by atoms with van der Waals surface area (Å²) in [6, 6.07) is 26.1. The van der Waals surface area contributed by atoms with Gasteiger partial charge in [-0.05, 0) is 113 Å². The second kappa shape index (κ2) is 21.4. The number of rotatable bonds is 17. The van der Waals surface area contributed by atoms with Gasteiger partial charge >= 0.3 is 0 Å². The van der Waals surface area contributed by atoms with E-state index in [4.69, 9.17) is 14.2 Å². The van der Waals surface area contributed by atoms with E-state index < -0.39 is 11.2 Å². The number of hydrogen-bond donors (Lipinski definition) is 4. The fourth-order valence-corrected chi connectivity index (χ4v) is 8.14. The number of aromatic nitrogens is 1. The predicted molar refractivity (Wildman–Crippen MR) is 213 cm³/mol. The Morgan fingerprint density at radius 2 is 1.19 bits per heavy atom.